The molecule has 2 aromatic rings. The van der Waals surface area contributed by atoms with Crippen molar-refractivity contribution in [2.45, 2.75) is 32.4 Å². The lowest BCUT2D eigenvalue weighted by Gasteiger charge is -2.00. The van der Waals surface area contributed by atoms with Gasteiger partial charge in [0.1, 0.15) is 5.82 Å². The predicted molar refractivity (Wildman–Crippen MR) is 64.3 cm³/mol. The summed E-state index contributed by atoms with van der Waals surface area (Å²) in [6.45, 7) is 2.26. The van der Waals surface area contributed by atoms with Gasteiger partial charge in [0.25, 0.3) is 5.89 Å². The highest BCUT2D eigenvalue weighted by atomic mass is 19.1. The summed E-state index contributed by atoms with van der Waals surface area (Å²) in [6.07, 6.45) is 2.40. The number of rotatable bonds is 4. The van der Waals surface area contributed by atoms with E-state index >= 15 is 0 Å². The molecule has 1 N–H and O–H groups in total. The molecular weight excluding hydrogens is 233 g/mol. The van der Waals surface area contributed by atoms with Crippen LogP contribution in [0.25, 0.3) is 11.5 Å². The molecule has 18 heavy (non-hydrogen) atoms. The second-order valence-electron chi connectivity index (χ2n) is 4.59. The van der Waals surface area contributed by atoms with Crippen LogP contribution in [0.3, 0.4) is 0 Å². The summed E-state index contributed by atoms with van der Waals surface area (Å²) in [5.41, 5.74) is 0.934. The minimum Gasteiger partial charge on any atom is -0.419 e. The molecule has 0 radical (unpaired) electrons. The minimum atomic E-state index is -0.303. The predicted octanol–water partition coefficient (Wildman–Crippen LogP) is 2.44. The molecule has 1 heterocycles. The fourth-order valence-electron chi connectivity index (χ4n) is 1.77. The van der Waals surface area contributed by atoms with Crippen LogP contribution in [0.2, 0.25) is 0 Å². The standard InChI is InChI=1S/C13H14FN3O/c1-8-3-2-4-10(12(8)14)13-17-16-11(18-13)7-15-9-5-6-9/h2-4,9,15H,5-7H2,1H3. The van der Waals surface area contributed by atoms with E-state index in [9.17, 15) is 4.39 Å². The maximum Gasteiger partial charge on any atom is 0.250 e. The van der Waals surface area contributed by atoms with E-state index in [2.05, 4.69) is 15.5 Å². The van der Waals surface area contributed by atoms with E-state index in [4.69, 9.17) is 4.42 Å². The fourth-order valence-corrected chi connectivity index (χ4v) is 1.77. The molecule has 94 valence electrons. The Labute approximate surface area is 104 Å². The summed E-state index contributed by atoms with van der Waals surface area (Å²) in [6, 6.07) is 5.72. The third kappa shape index (κ3) is 2.26. The van der Waals surface area contributed by atoms with Crippen LogP contribution in [0.1, 0.15) is 24.3 Å². The SMILES string of the molecule is Cc1cccc(-c2nnc(CNC3CC3)o2)c1F. The van der Waals surface area contributed by atoms with Gasteiger partial charge in [0, 0.05) is 6.04 Å². The van der Waals surface area contributed by atoms with Crippen molar-refractivity contribution in [1.29, 1.82) is 0 Å². The van der Waals surface area contributed by atoms with Crippen molar-refractivity contribution in [2.75, 3.05) is 0 Å². The first kappa shape index (κ1) is 11.3. The van der Waals surface area contributed by atoms with Crippen molar-refractivity contribution in [1.82, 2.24) is 15.5 Å². The molecule has 5 heteroatoms. The average Bonchev–Trinajstić information content (AvgIpc) is 3.08. The Balaban J connectivity index is 1.80. The monoisotopic (exact) mass is 247 g/mol. The molecule has 1 saturated carbocycles. The van der Waals surface area contributed by atoms with Gasteiger partial charge in [-0.2, -0.15) is 0 Å². The number of halogens is 1. The molecule has 0 aliphatic heterocycles. The van der Waals surface area contributed by atoms with E-state index in [1.165, 1.54) is 12.8 Å². The largest absolute Gasteiger partial charge is 0.419 e. The maximum atomic E-state index is 13.9. The Bertz CT molecular complexity index is 563. The van der Waals surface area contributed by atoms with Crippen LogP contribution in [0.15, 0.2) is 22.6 Å². The number of aromatic nitrogens is 2. The third-order valence-corrected chi connectivity index (χ3v) is 3.01. The van der Waals surface area contributed by atoms with Crippen molar-refractivity contribution >= 4 is 0 Å². The Morgan fingerprint density at radius 1 is 1.39 bits per heavy atom. The first-order valence-electron chi connectivity index (χ1n) is 6.05. The fraction of sp³-hybridized carbons (Fsp3) is 0.385. The molecule has 1 fully saturated rings. The van der Waals surface area contributed by atoms with E-state index in [1.54, 1.807) is 25.1 Å². The molecule has 1 aromatic heterocycles. The van der Waals surface area contributed by atoms with Crippen LogP contribution in [-0.2, 0) is 6.54 Å². The summed E-state index contributed by atoms with van der Waals surface area (Å²) < 4.78 is 19.3. The summed E-state index contributed by atoms with van der Waals surface area (Å²) in [5.74, 6) is 0.435. The summed E-state index contributed by atoms with van der Waals surface area (Å²) >= 11 is 0. The second kappa shape index (κ2) is 4.49. The molecule has 0 atom stereocenters. The van der Waals surface area contributed by atoms with Gasteiger partial charge in [-0.05, 0) is 31.4 Å². The van der Waals surface area contributed by atoms with E-state index < -0.39 is 0 Å². The van der Waals surface area contributed by atoms with Crippen molar-refractivity contribution in [3.8, 4) is 11.5 Å². The highest BCUT2D eigenvalue weighted by Gasteiger charge is 2.21. The zero-order valence-electron chi connectivity index (χ0n) is 10.1. The molecule has 0 saturated heterocycles. The molecular formula is C13H14FN3O. The summed E-state index contributed by atoms with van der Waals surface area (Å²) in [4.78, 5) is 0. The first-order valence-corrected chi connectivity index (χ1v) is 6.05. The number of hydrogen-bond donors (Lipinski definition) is 1. The Kier molecular flexibility index (Phi) is 2.83. The number of nitrogens with zero attached hydrogens (tertiary/aromatic N) is 2. The van der Waals surface area contributed by atoms with E-state index in [1.807, 2.05) is 0 Å². The number of benzene rings is 1. The molecule has 0 bridgehead atoms. The summed E-state index contributed by atoms with van der Waals surface area (Å²) in [7, 11) is 0. The Morgan fingerprint density at radius 3 is 3.00 bits per heavy atom. The number of aryl methyl sites for hydroxylation is 1. The van der Waals surface area contributed by atoms with Crippen LogP contribution >= 0.6 is 0 Å². The van der Waals surface area contributed by atoms with Gasteiger partial charge in [0.15, 0.2) is 0 Å². The normalized spacial score (nSPS) is 15.0. The lowest BCUT2D eigenvalue weighted by atomic mass is 10.1. The van der Waals surface area contributed by atoms with Crippen molar-refractivity contribution in [3.05, 3.63) is 35.5 Å². The van der Waals surface area contributed by atoms with Gasteiger partial charge in [0.05, 0.1) is 12.1 Å². The smallest absolute Gasteiger partial charge is 0.250 e. The van der Waals surface area contributed by atoms with E-state index in [-0.39, 0.29) is 11.7 Å². The van der Waals surface area contributed by atoms with Gasteiger partial charge >= 0.3 is 0 Å². The average molecular weight is 247 g/mol. The van der Waals surface area contributed by atoms with E-state index in [0.29, 0.717) is 29.6 Å². The van der Waals surface area contributed by atoms with Crippen molar-refractivity contribution < 1.29 is 8.81 Å². The molecule has 1 aliphatic rings. The minimum absolute atomic E-state index is 0.240. The van der Waals surface area contributed by atoms with Crippen LogP contribution < -0.4 is 5.32 Å². The van der Waals surface area contributed by atoms with Crippen molar-refractivity contribution in [2.24, 2.45) is 0 Å². The molecule has 4 nitrogen and oxygen atoms in total. The van der Waals surface area contributed by atoms with Crippen LogP contribution in [0, 0.1) is 12.7 Å². The van der Waals surface area contributed by atoms with Gasteiger partial charge in [-0.3, -0.25) is 0 Å². The molecule has 3 rings (SSSR count). The maximum absolute atomic E-state index is 13.9. The van der Waals surface area contributed by atoms with Gasteiger partial charge in [0.2, 0.25) is 5.89 Å². The Hall–Kier alpha value is -1.75. The molecule has 0 unspecified atom stereocenters. The van der Waals surface area contributed by atoms with Gasteiger partial charge in [-0.15, -0.1) is 10.2 Å². The second-order valence-corrected chi connectivity index (χ2v) is 4.59. The summed E-state index contributed by atoms with van der Waals surface area (Å²) in [5, 5.41) is 11.1. The first-order chi connectivity index (χ1) is 8.74. The third-order valence-electron chi connectivity index (χ3n) is 3.01. The van der Waals surface area contributed by atoms with Crippen LogP contribution in [0.5, 0.6) is 0 Å². The quantitative estimate of drug-likeness (QED) is 0.901. The van der Waals surface area contributed by atoms with Crippen LogP contribution in [0.4, 0.5) is 4.39 Å². The van der Waals surface area contributed by atoms with Crippen molar-refractivity contribution in [3.63, 3.8) is 0 Å². The molecule has 0 amide bonds. The van der Waals surface area contributed by atoms with Gasteiger partial charge in [-0.25, -0.2) is 4.39 Å². The van der Waals surface area contributed by atoms with Crippen LogP contribution in [-0.4, -0.2) is 16.2 Å². The highest BCUT2D eigenvalue weighted by Crippen LogP contribution is 2.24. The number of hydrogen-bond acceptors (Lipinski definition) is 4. The molecule has 0 spiro atoms. The highest BCUT2D eigenvalue weighted by molar-refractivity contribution is 5.54. The molecule has 1 aliphatic carbocycles. The zero-order chi connectivity index (χ0) is 12.5. The molecule has 1 aromatic carbocycles. The lowest BCUT2D eigenvalue weighted by Crippen LogP contribution is -2.15. The van der Waals surface area contributed by atoms with Gasteiger partial charge in [-0.1, -0.05) is 12.1 Å². The number of nitrogens with one attached hydrogen (secondary N) is 1. The lowest BCUT2D eigenvalue weighted by molar-refractivity contribution is 0.473. The van der Waals surface area contributed by atoms with Gasteiger partial charge < -0.3 is 9.73 Å². The zero-order valence-corrected chi connectivity index (χ0v) is 10.1. The topological polar surface area (TPSA) is 51.0 Å². The Morgan fingerprint density at radius 2 is 2.22 bits per heavy atom. The van der Waals surface area contributed by atoms with E-state index in [0.717, 1.165) is 0 Å².